The highest BCUT2D eigenvalue weighted by atomic mass is 16.7. The van der Waals surface area contributed by atoms with Gasteiger partial charge < -0.3 is 35.0 Å². The summed E-state index contributed by atoms with van der Waals surface area (Å²) in [4.78, 5) is 95.4. The van der Waals surface area contributed by atoms with Crippen molar-refractivity contribution in [2.75, 3.05) is 54.6 Å². The van der Waals surface area contributed by atoms with E-state index in [1.54, 1.807) is 43.0 Å². The Hall–Kier alpha value is -4.12. The molecular weight excluding hydrogens is 905 g/mol. The SMILES string of the molecule is CCC(C)C(C(CC(=O)N1CCCC1C(OC)C(C)C(=O)NC(Cc1ccc(O)cc1)C(=O)N1CCCCO1)OC)N(C)C(=O)C(NC(=O)C(C(C)C)N(C)CCCCCC(=O)C(C)(CC)CC)C(C)C. The van der Waals surface area contributed by atoms with Crippen LogP contribution < -0.4 is 10.6 Å². The minimum absolute atomic E-state index is 0.0285. The average Bonchev–Trinajstić information content (AvgIpc) is 3.84. The summed E-state index contributed by atoms with van der Waals surface area (Å²) in [5.41, 5.74) is 0.484. The Balaban J connectivity index is 1.75. The molecule has 2 aliphatic rings. The molecule has 0 saturated carbocycles. The van der Waals surface area contributed by atoms with Crippen molar-refractivity contribution < 1.29 is 48.2 Å². The summed E-state index contributed by atoms with van der Waals surface area (Å²) in [5, 5.41) is 17.3. The van der Waals surface area contributed by atoms with Gasteiger partial charge in [0.25, 0.3) is 5.91 Å². The third kappa shape index (κ3) is 17.0. The number of Topliss-reactive ketones (excluding diaryl/α,β-unsaturated/α-hetero) is 1. The first-order chi connectivity index (χ1) is 33.6. The monoisotopic (exact) mass is 999 g/mol. The lowest BCUT2D eigenvalue weighted by Gasteiger charge is -2.41. The topological polar surface area (TPSA) is 187 Å². The number of unbranched alkanes of at least 4 members (excludes halogenated alkanes) is 2. The zero-order valence-electron chi connectivity index (χ0n) is 46.1. The molecule has 0 aromatic heterocycles. The molecule has 71 heavy (non-hydrogen) atoms. The smallest absolute Gasteiger partial charge is 0.269 e. The van der Waals surface area contributed by atoms with Gasteiger partial charge in [-0.2, -0.15) is 0 Å². The van der Waals surface area contributed by atoms with Crippen LogP contribution in [0.15, 0.2) is 24.3 Å². The van der Waals surface area contributed by atoms with Crippen molar-refractivity contribution in [2.24, 2.45) is 29.1 Å². The van der Waals surface area contributed by atoms with Gasteiger partial charge in [-0.15, -0.1) is 0 Å². The van der Waals surface area contributed by atoms with Gasteiger partial charge in [0.1, 0.15) is 23.6 Å². The molecule has 2 fully saturated rings. The molecule has 0 aliphatic carbocycles. The number of hydrogen-bond donors (Lipinski definition) is 3. The van der Waals surface area contributed by atoms with Crippen LogP contribution in [0.1, 0.15) is 152 Å². The molecule has 1 aromatic carbocycles. The van der Waals surface area contributed by atoms with E-state index in [2.05, 4.69) is 36.3 Å². The van der Waals surface area contributed by atoms with Crippen LogP contribution in [0.3, 0.4) is 0 Å². The third-order valence-electron chi connectivity index (χ3n) is 15.8. The number of likely N-dealkylation sites (tertiary alicyclic amines) is 1. The minimum atomic E-state index is -0.944. The number of hydrogen-bond acceptors (Lipinski definition) is 11. The summed E-state index contributed by atoms with van der Waals surface area (Å²) < 4.78 is 12.2. The lowest BCUT2D eigenvalue weighted by molar-refractivity contribution is -0.199. The van der Waals surface area contributed by atoms with Crippen LogP contribution in [0.25, 0.3) is 0 Å². The van der Waals surface area contributed by atoms with Crippen molar-refractivity contribution in [3.63, 3.8) is 0 Å². The van der Waals surface area contributed by atoms with Crippen LogP contribution in [0, 0.1) is 29.1 Å². The first-order valence-corrected chi connectivity index (χ1v) is 26.8. The number of likely N-dealkylation sites (N-methyl/N-ethyl adjacent to an activating group) is 2. The molecule has 404 valence electrons. The number of nitrogens with zero attached hydrogens (tertiary/aromatic N) is 4. The van der Waals surface area contributed by atoms with E-state index in [0.717, 1.165) is 50.5 Å². The van der Waals surface area contributed by atoms with Gasteiger partial charge in [-0.05, 0) is 100 Å². The van der Waals surface area contributed by atoms with E-state index in [1.807, 2.05) is 48.6 Å². The van der Waals surface area contributed by atoms with E-state index in [0.29, 0.717) is 57.7 Å². The number of aromatic hydroxyl groups is 1. The van der Waals surface area contributed by atoms with Gasteiger partial charge in [0.2, 0.25) is 23.6 Å². The van der Waals surface area contributed by atoms with Gasteiger partial charge in [0, 0.05) is 52.6 Å². The summed E-state index contributed by atoms with van der Waals surface area (Å²) in [6, 6.07) is 3.30. The number of methoxy groups -OCH3 is 2. The van der Waals surface area contributed by atoms with Crippen molar-refractivity contribution in [1.82, 2.24) is 30.4 Å². The lowest BCUT2D eigenvalue weighted by Crippen LogP contribution is -2.60. The predicted octanol–water partition coefficient (Wildman–Crippen LogP) is 6.95. The van der Waals surface area contributed by atoms with Gasteiger partial charge in [0.05, 0.1) is 49.3 Å². The molecule has 1 aromatic rings. The van der Waals surface area contributed by atoms with Gasteiger partial charge in [-0.1, -0.05) is 94.2 Å². The molecular formula is C55H94N6O10. The molecule has 3 N–H and O–H groups in total. The van der Waals surface area contributed by atoms with Crippen molar-refractivity contribution in [3.05, 3.63) is 29.8 Å². The summed E-state index contributed by atoms with van der Waals surface area (Å²) in [6.07, 6.45) is 7.17. The molecule has 0 spiro atoms. The molecule has 2 heterocycles. The Morgan fingerprint density at radius 3 is 2.06 bits per heavy atom. The summed E-state index contributed by atoms with van der Waals surface area (Å²) in [7, 11) is 6.76. The second-order valence-corrected chi connectivity index (χ2v) is 21.4. The van der Waals surface area contributed by atoms with Crippen LogP contribution in [0.5, 0.6) is 5.75 Å². The second-order valence-electron chi connectivity index (χ2n) is 21.4. The van der Waals surface area contributed by atoms with Crippen LogP contribution in [0.2, 0.25) is 0 Å². The molecule has 16 nitrogen and oxygen atoms in total. The van der Waals surface area contributed by atoms with Gasteiger partial charge in [-0.25, -0.2) is 5.06 Å². The number of hydroxylamine groups is 2. The van der Waals surface area contributed by atoms with E-state index in [9.17, 15) is 33.9 Å². The van der Waals surface area contributed by atoms with E-state index >= 15 is 0 Å². The summed E-state index contributed by atoms with van der Waals surface area (Å²) >= 11 is 0. The van der Waals surface area contributed by atoms with E-state index in [4.69, 9.17) is 14.3 Å². The lowest BCUT2D eigenvalue weighted by atomic mass is 9.78. The largest absolute Gasteiger partial charge is 0.508 e. The number of carbonyl (C=O) groups excluding carboxylic acids is 6. The zero-order chi connectivity index (χ0) is 53.2. The highest BCUT2D eigenvalue weighted by Crippen LogP contribution is 2.31. The van der Waals surface area contributed by atoms with E-state index in [1.165, 1.54) is 24.3 Å². The van der Waals surface area contributed by atoms with Gasteiger partial charge in [-0.3, -0.25) is 38.5 Å². The van der Waals surface area contributed by atoms with Gasteiger partial charge in [0.15, 0.2) is 0 Å². The first-order valence-electron chi connectivity index (χ1n) is 26.8. The maximum absolute atomic E-state index is 14.7. The molecule has 0 bridgehead atoms. The molecule has 2 saturated heterocycles. The van der Waals surface area contributed by atoms with Crippen molar-refractivity contribution in [1.29, 1.82) is 0 Å². The molecule has 5 amide bonds. The number of phenols is 1. The molecule has 0 radical (unpaired) electrons. The number of benzene rings is 1. The van der Waals surface area contributed by atoms with Crippen LogP contribution in [-0.4, -0.2) is 157 Å². The summed E-state index contributed by atoms with van der Waals surface area (Å²) in [6.45, 7) is 21.8. The quantitative estimate of drug-likeness (QED) is 0.0678. The van der Waals surface area contributed by atoms with Crippen molar-refractivity contribution in [2.45, 2.75) is 195 Å². The molecule has 2 aliphatic heterocycles. The molecule has 3 rings (SSSR count). The fourth-order valence-electron chi connectivity index (χ4n) is 10.5. The Morgan fingerprint density at radius 2 is 1.51 bits per heavy atom. The maximum Gasteiger partial charge on any atom is 0.269 e. The van der Waals surface area contributed by atoms with Gasteiger partial charge >= 0.3 is 0 Å². The predicted molar refractivity (Wildman–Crippen MR) is 277 cm³/mol. The molecule has 9 unspecified atom stereocenters. The number of carbonyl (C=O) groups is 6. The Bertz CT molecular complexity index is 1840. The first kappa shape index (κ1) is 61.2. The normalized spacial score (nSPS) is 18.9. The Labute approximate surface area is 426 Å². The van der Waals surface area contributed by atoms with Crippen LogP contribution >= 0.6 is 0 Å². The number of phenolic OH excluding ortho intramolecular Hbond substituents is 1. The van der Waals surface area contributed by atoms with Crippen molar-refractivity contribution in [3.8, 4) is 5.75 Å². The van der Waals surface area contributed by atoms with Crippen LogP contribution in [0.4, 0.5) is 0 Å². The standard InChI is InChI=1S/C55H94N6O10/c1-15-38(8)49(59(12)54(68)47(36(4)5)57-52(66)48(37(6)7)58(11)30-20-18-19-25-45(63)55(10,16-2)17-3)44(69-13)35-46(64)60-31-23-24-43(60)50(70-14)39(9)51(65)56-42(34-40-26-28-41(62)29-27-40)53(67)61-32-21-22-33-71-61/h26-29,36-39,42-44,47-50,62H,15-25,30-35H2,1-14H3,(H,56,65)(H,57,66). The van der Waals surface area contributed by atoms with Crippen LogP contribution in [-0.2, 0) is 49.5 Å². The number of amides is 5. The highest BCUT2D eigenvalue weighted by Gasteiger charge is 2.44. The number of nitrogens with one attached hydrogen (secondary N) is 2. The Morgan fingerprint density at radius 1 is 0.845 bits per heavy atom. The summed E-state index contributed by atoms with van der Waals surface area (Å²) in [5.74, 6) is -2.12. The number of ketones is 1. The minimum Gasteiger partial charge on any atom is -0.508 e. The van der Waals surface area contributed by atoms with E-state index < -0.39 is 54.2 Å². The second kappa shape index (κ2) is 29.5. The number of ether oxygens (including phenoxy) is 2. The highest BCUT2D eigenvalue weighted by molar-refractivity contribution is 5.91. The zero-order valence-corrected chi connectivity index (χ0v) is 46.1. The molecule has 9 atom stereocenters. The average molecular weight is 999 g/mol. The maximum atomic E-state index is 14.7. The molecule has 16 heteroatoms. The third-order valence-corrected chi connectivity index (χ3v) is 15.8. The Kier molecular flexibility index (Phi) is 25.5. The van der Waals surface area contributed by atoms with Crippen molar-refractivity contribution >= 4 is 35.3 Å². The fraction of sp³-hybridized carbons (Fsp3) is 0.782. The number of rotatable bonds is 30. The fourth-order valence-corrected chi connectivity index (χ4v) is 10.5. The van der Waals surface area contributed by atoms with E-state index in [-0.39, 0.29) is 65.4 Å².